The lowest BCUT2D eigenvalue weighted by molar-refractivity contribution is 0.315. The largest absolute Gasteiger partial charge is 0.317 e. The second-order valence-electron chi connectivity index (χ2n) is 6.35. The van der Waals surface area contributed by atoms with Crippen LogP contribution in [0.15, 0.2) is 24.3 Å². The fourth-order valence-corrected chi connectivity index (χ4v) is 4.53. The van der Waals surface area contributed by atoms with Gasteiger partial charge in [0.25, 0.3) is 0 Å². The lowest BCUT2D eigenvalue weighted by Gasteiger charge is -2.23. The van der Waals surface area contributed by atoms with Crippen LogP contribution in [0.1, 0.15) is 50.0 Å². The molecule has 1 atom stereocenters. The topological polar surface area (TPSA) is 24.9 Å². The smallest absolute Gasteiger partial charge is 0.0954 e. The predicted molar refractivity (Wildman–Crippen MR) is 92.0 cm³/mol. The summed E-state index contributed by atoms with van der Waals surface area (Å²) in [5.74, 6) is 0.977. The van der Waals surface area contributed by atoms with Crippen LogP contribution in [0.25, 0.3) is 10.2 Å². The summed E-state index contributed by atoms with van der Waals surface area (Å²) in [6.07, 6.45) is 11.0. The van der Waals surface area contributed by atoms with Crippen molar-refractivity contribution in [3.63, 3.8) is 0 Å². The predicted octanol–water partition coefficient (Wildman–Crippen LogP) is 4.79. The highest BCUT2D eigenvalue weighted by molar-refractivity contribution is 7.18. The van der Waals surface area contributed by atoms with Crippen LogP contribution in [0.3, 0.4) is 0 Å². The van der Waals surface area contributed by atoms with Gasteiger partial charge in [-0.2, -0.15) is 0 Å². The number of nitrogens with zero attached hydrogens (tertiary/aromatic N) is 1. The van der Waals surface area contributed by atoms with Gasteiger partial charge in [0.05, 0.1) is 15.2 Å². The minimum absolute atomic E-state index is 0.576. The van der Waals surface area contributed by atoms with Crippen molar-refractivity contribution in [3.05, 3.63) is 29.3 Å². The Labute approximate surface area is 132 Å². The zero-order chi connectivity index (χ0) is 14.5. The SMILES string of the molecule is CNC(CCC1CCCCC1)Cc1nc2ccccc2s1. The standard InChI is InChI=1S/C18H26N2S/c1-19-15(12-11-14-7-3-2-4-8-14)13-18-20-16-9-5-6-10-17(16)21-18/h5-6,9-10,14-15,19H,2-4,7-8,11-13H2,1H3. The Bertz CT molecular complexity index is 524. The summed E-state index contributed by atoms with van der Waals surface area (Å²) >= 11 is 1.85. The summed E-state index contributed by atoms with van der Waals surface area (Å²) in [4.78, 5) is 4.77. The van der Waals surface area contributed by atoms with Gasteiger partial charge in [0.1, 0.15) is 0 Å². The maximum atomic E-state index is 4.77. The number of aromatic nitrogens is 1. The molecule has 0 radical (unpaired) electrons. The fourth-order valence-electron chi connectivity index (χ4n) is 3.48. The first-order valence-corrected chi connectivity index (χ1v) is 9.18. The molecule has 1 aliphatic carbocycles. The van der Waals surface area contributed by atoms with Gasteiger partial charge in [-0.15, -0.1) is 11.3 Å². The molecule has 21 heavy (non-hydrogen) atoms. The molecule has 1 unspecified atom stereocenters. The van der Waals surface area contributed by atoms with Gasteiger partial charge in [0, 0.05) is 12.5 Å². The number of thiazole rings is 1. The summed E-state index contributed by atoms with van der Waals surface area (Å²) in [7, 11) is 2.10. The first-order valence-electron chi connectivity index (χ1n) is 8.37. The molecule has 114 valence electrons. The average Bonchev–Trinajstić information content (AvgIpc) is 2.94. The Balaban J connectivity index is 1.55. The first-order chi connectivity index (χ1) is 10.3. The van der Waals surface area contributed by atoms with Crippen molar-refractivity contribution in [2.75, 3.05) is 7.05 Å². The summed E-state index contributed by atoms with van der Waals surface area (Å²) in [5.41, 5.74) is 1.15. The molecule has 1 N–H and O–H groups in total. The Kier molecular flexibility index (Phi) is 5.26. The third-order valence-electron chi connectivity index (χ3n) is 4.82. The van der Waals surface area contributed by atoms with Crippen LogP contribution in [-0.4, -0.2) is 18.1 Å². The van der Waals surface area contributed by atoms with Crippen molar-refractivity contribution in [2.45, 2.75) is 57.4 Å². The van der Waals surface area contributed by atoms with Crippen molar-refractivity contribution in [3.8, 4) is 0 Å². The van der Waals surface area contributed by atoms with E-state index in [2.05, 4.69) is 36.6 Å². The maximum absolute atomic E-state index is 4.77. The molecule has 1 aromatic carbocycles. The molecule has 1 heterocycles. The summed E-state index contributed by atoms with van der Waals surface area (Å²) in [6.45, 7) is 0. The lowest BCUT2D eigenvalue weighted by atomic mass is 9.85. The van der Waals surface area contributed by atoms with Gasteiger partial charge in [-0.1, -0.05) is 44.2 Å². The molecule has 0 spiro atoms. The van der Waals surface area contributed by atoms with Crippen LogP contribution in [0.5, 0.6) is 0 Å². The Hall–Kier alpha value is -0.930. The first kappa shape index (κ1) is 15.0. The van der Waals surface area contributed by atoms with Crippen LogP contribution in [0.2, 0.25) is 0 Å². The quantitative estimate of drug-likeness (QED) is 0.830. The van der Waals surface area contributed by atoms with Gasteiger partial charge in [0.2, 0.25) is 0 Å². The van der Waals surface area contributed by atoms with Gasteiger partial charge in [-0.3, -0.25) is 0 Å². The van der Waals surface area contributed by atoms with Crippen molar-refractivity contribution in [2.24, 2.45) is 5.92 Å². The normalized spacial score (nSPS) is 18.1. The van der Waals surface area contributed by atoms with E-state index in [0.717, 1.165) is 17.9 Å². The fraction of sp³-hybridized carbons (Fsp3) is 0.611. The summed E-state index contributed by atoms with van der Waals surface area (Å²) in [5, 5.41) is 4.78. The zero-order valence-corrected chi connectivity index (χ0v) is 13.8. The van der Waals surface area contributed by atoms with E-state index < -0.39 is 0 Å². The van der Waals surface area contributed by atoms with Gasteiger partial charge < -0.3 is 5.32 Å². The molecule has 1 saturated carbocycles. The number of hydrogen-bond donors (Lipinski definition) is 1. The number of nitrogens with one attached hydrogen (secondary N) is 1. The highest BCUT2D eigenvalue weighted by Crippen LogP contribution is 2.28. The van der Waals surface area contributed by atoms with Gasteiger partial charge in [-0.05, 0) is 37.9 Å². The van der Waals surface area contributed by atoms with Crippen LogP contribution in [0, 0.1) is 5.92 Å². The third-order valence-corrected chi connectivity index (χ3v) is 5.87. The molecule has 0 saturated heterocycles. The number of likely N-dealkylation sites (N-methyl/N-ethyl adjacent to an activating group) is 1. The molecular weight excluding hydrogens is 276 g/mol. The molecule has 2 nitrogen and oxygen atoms in total. The van der Waals surface area contributed by atoms with Gasteiger partial charge >= 0.3 is 0 Å². The highest BCUT2D eigenvalue weighted by atomic mass is 32.1. The molecule has 0 amide bonds. The van der Waals surface area contributed by atoms with E-state index in [9.17, 15) is 0 Å². The van der Waals surface area contributed by atoms with Crippen LogP contribution < -0.4 is 5.32 Å². The minimum Gasteiger partial charge on any atom is -0.317 e. The summed E-state index contributed by atoms with van der Waals surface area (Å²) < 4.78 is 1.31. The van der Waals surface area contributed by atoms with Crippen molar-refractivity contribution >= 4 is 21.6 Å². The molecule has 1 aromatic heterocycles. The molecule has 3 heteroatoms. The van der Waals surface area contributed by atoms with E-state index in [1.165, 1.54) is 54.7 Å². The van der Waals surface area contributed by atoms with E-state index in [1.54, 1.807) is 0 Å². The number of para-hydroxylation sites is 1. The Morgan fingerprint density at radius 3 is 2.81 bits per heavy atom. The molecule has 0 bridgehead atoms. The van der Waals surface area contributed by atoms with E-state index in [4.69, 9.17) is 4.98 Å². The number of rotatable bonds is 6. The molecule has 2 aromatic rings. The summed E-state index contributed by atoms with van der Waals surface area (Å²) in [6, 6.07) is 9.04. The molecule has 3 rings (SSSR count). The highest BCUT2D eigenvalue weighted by Gasteiger charge is 2.17. The Morgan fingerprint density at radius 2 is 2.05 bits per heavy atom. The monoisotopic (exact) mass is 302 g/mol. The van der Waals surface area contributed by atoms with E-state index >= 15 is 0 Å². The number of fused-ring (bicyclic) bond motifs is 1. The third kappa shape index (κ3) is 4.04. The average molecular weight is 302 g/mol. The Morgan fingerprint density at radius 1 is 1.24 bits per heavy atom. The second kappa shape index (κ2) is 7.37. The number of hydrogen-bond acceptors (Lipinski definition) is 3. The van der Waals surface area contributed by atoms with Crippen LogP contribution in [-0.2, 0) is 6.42 Å². The molecular formula is C18H26N2S. The second-order valence-corrected chi connectivity index (χ2v) is 7.46. The van der Waals surface area contributed by atoms with E-state index in [-0.39, 0.29) is 0 Å². The van der Waals surface area contributed by atoms with Crippen molar-refractivity contribution in [1.82, 2.24) is 10.3 Å². The molecule has 1 fully saturated rings. The van der Waals surface area contributed by atoms with Crippen molar-refractivity contribution < 1.29 is 0 Å². The molecule has 0 aliphatic heterocycles. The lowest BCUT2D eigenvalue weighted by Crippen LogP contribution is -2.28. The van der Waals surface area contributed by atoms with E-state index in [1.807, 2.05) is 11.3 Å². The van der Waals surface area contributed by atoms with Gasteiger partial charge in [0.15, 0.2) is 0 Å². The minimum atomic E-state index is 0.576. The van der Waals surface area contributed by atoms with Crippen LogP contribution >= 0.6 is 11.3 Å². The zero-order valence-electron chi connectivity index (χ0n) is 13.0. The molecule has 1 aliphatic rings. The van der Waals surface area contributed by atoms with Crippen LogP contribution in [0.4, 0.5) is 0 Å². The maximum Gasteiger partial charge on any atom is 0.0954 e. The van der Waals surface area contributed by atoms with Crippen molar-refractivity contribution in [1.29, 1.82) is 0 Å². The van der Waals surface area contributed by atoms with E-state index in [0.29, 0.717) is 6.04 Å². The number of benzene rings is 1. The van der Waals surface area contributed by atoms with Gasteiger partial charge in [-0.25, -0.2) is 4.98 Å².